The summed E-state index contributed by atoms with van der Waals surface area (Å²) in [6.45, 7) is 1.38. The van der Waals surface area contributed by atoms with Crippen molar-refractivity contribution in [1.29, 1.82) is 0 Å². The van der Waals surface area contributed by atoms with Crippen LogP contribution in [0.1, 0.15) is 23.0 Å². The maximum Gasteiger partial charge on any atom is 0.326 e. The van der Waals surface area contributed by atoms with Crippen molar-refractivity contribution in [3.8, 4) is 0 Å². The number of hydrogen-bond acceptors (Lipinski definition) is 5. The van der Waals surface area contributed by atoms with E-state index in [2.05, 4.69) is 10.6 Å². The number of thioether (sulfide) groups is 1. The molecule has 1 rings (SSSR count). The van der Waals surface area contributed by atoms with Crippen LogP contribution in [0.25, 0.3) is 0 Å². The summed E-state index contributed by atoms with van der Waals surface area (Å²) in [5.74, 6) is -1.06. The van der Waals surface area contributed by atoms with Crippen molar-refractivity contribution in [2.75, 3.05) is 17.3 Å². The lowest BCUT2D eigenvalue weighted by molar-refractivity contribution is -0.139. The standard InChI is InChI=1S/C12H16N2O4S2/c1-7(15)13-10-4-3-9(20-10)11(16)14-8(12(17)18)5-6-19-2/h3-4,8H,5-6H2,1-2H3,(H,13,15)(H,14,16)(H,17,18)/t8-/m1/s1. The second-order valence-electron chi connectivity index (χ2n) is 3.99. The summed E-state index contributed by atoms with van der Waals surface area (Å²) in [5.41, 5.74) is 0. The average molecular weight is 316 g/mol. The number of carboxylic acids is 1. The van der Waals surface area contributed by atoms with Gasteiger partial charge >= 0.3 is 5.97 Å². The minimum absolute atomic E-state index is 0.220. The molecule has 0 radical (unpaired) electrons. The predicted octanol–water partition coefficient (Wildman–Crippen LogP) is 1.64. The number of carboxylic acid groups (broad SMARTS) is 1. The zero-order valence-corrected chi connectivity index (χ0v) is 12.8. The number of hydrogen-bond donors (Lipinski definition) is 3. The molecule has 0 aromatic carbocycles. The maximum absolute atomic E-state index is 11.9. The van der Waals surface area contributed by atoms with E-state index in [1.807, 2.05) is 6.26 Å². The molecule has 0 unspecified atom stereocenters. The molecule has 0 aliphatic heterocycles. The van der Waals surface area contributed by atoms with Crippen LogP contribution < -0.4 is 10.6 Å². The molecule has 20 heavy (non-hydrogen) atoms. The van der Waals surface area contributed by atoms with Gasteiger partial charge in [-0.1, -0.05) is 0 Å². The molecule has 0 fully saturated rings. The first kappa shape index (κ1) is 16.5. The maximum atomic E-state index is 11.9. The molecule has 1 aromatic rings. The zero-order chi connectivity index (χ0) is 15.1. The first-order valence-electron chi connectivity index (χ1n) is 5.84. The number of nitrogens with one attached hydrogen (secondary N) is 2. The molecule has 0 aliphatic rings. The van der Waals surface area contributed by atoms with Crippen molar-refractivity contribution in [2.24, 2.45) is 0 Å². The molecule has 2 amide bonds. The van der Waals surface area contributed by atoms with Gasteiger partial charge in [0.2, 0.25) is 5.91 Å². The third-order valence-electron chi connectivity index (χ3n) is 2.34. The van der Waals surface area contributed by atoms with Gasteiger partial charge in [0.15, 0.2) is 0 Å². The SMILES string of the molecule is CSCC[C@@H](NC(=O)c1ccc(NC(C)=O)s1)C(=O)O. The van der Waals surface area contributed by atoms with Crippen LogP contribution in [0.2, 0.25) is 0 Å². The highest BCUT2D eigenvalue weighted by atomic mass is 32.2. The van der Waals surface area contributed by atoms with Gasteiger partial charge in [0, 0.05) is 6.92 Å². The van der Waals surface area contributed by atoms with Gasteiger partial charge in [0.25, 0.3) is 5.91 Å². The number of thiophene rings is 1. The van der Waals surface area contributed by atoms with Crippen molar-refractivity contribution in [2.45, 2.75) is 19.4 Å². The highest BCUT2D eigenvalue weighted by Crippen LogP contribution is 2.21. The van der Waals surface area contributed by atoms with Gasteiger partial charge in [-0.3, -0.25) is 9.59 Å². The first-order valence-corrected chi connectivity index (χ1v) is 8.05. The average Bonchev–Trinajstić information content (AvgIpc) is 2.81. The highest BCUT2D eigenvalue weighted by Gasteiger charge is 2.21. The molecule has 1 aromatic heterocycles. The summed E-state index contributed by atoms with van der Waals surface area (Å²) in [7, 11) is 0. The first-order chi connectivity index (χ1) is 9.43. The molecular weight excluding hydrogens is 300 g/mol. The molecule has 6 nitrogen and oxygen atoms in total. The topological polar surface area (TPSA) is 95.5 Å². The molecular formula is C12H16N2O4S2. The summed E-state index contributed by atoms with van der Waals surface area (Å²) in [5, 5.41) is 14.6. The van der Waals surface area contributed by atoms with E-state index in [9.17, 15) is 14.4 Å². The van der Waals surface area contributed by atoms with Gasteiger partial charge in [-0.05, 0) is 30.6 Å². The largest absolute Gasteiger partial charge is 0.480 e. The summed E-state index contributed by atoms with van der Waals surface area (Å²) < 4.78 is 0. The number of anilines is 1. The van der Waals surface area contributed by atoms with E-state index in [4.69, 9.17) is 5.11 Å². The van der Waals surface area contributed by atoms with Crippen LogP contribution in [0.3, 0.4) is 0 Å². The van der Waals surface area contributed by atoms with Crippen molar-refractivity contribution in [3.05, 3.63) is 17.0 Å². The van der Waals surface area contributed by atoms with E-state index in [0.717, 1.165) is 11.3 Å². The van der Waals surface area contributed by atoms with Crippen LogP contribution in [-0.2, 0) is 9.59 Å². The monoisotopic (exact) mass is 316 g/mol. The van der Waals surface area contributed by atoms with Gasteiger partial charge in [-0.25, -0.2) is 4.79 Å². The fourth-order valence-electron chi connectivity index (χ4n) is 1.42. The number of amides is 2. The van der Waals surface area contributed by atoms with Gasteiger partial charge in [-0.2, -0.15) is 11.8 Å². The Bertz CT molecular complexity index is 501. The van der Waals surface area contributed by atoms with Crippen LogP contribution in [0.15, 0.2) is 12.1 Å². The Morgan fingerprint density at radius 3 is 2.65 bits per heavy atom. The van der Waals surface area contributed by atoms with Gasteiger partial charge in [0.1, 0.15) is 6.04 Å². The van der Waals surface area contributed by atoms with Crippen molar-refractivity contribution in [3.63, 3.8) is 0 Å². The third-order valence-corrected chi connectivity index (χ3v) is 3.99. The molecule has 1 heterocycles. The second-order valence-corrected chi connectivity index (χ2v) is 6.06. The van der Waals surface area contributed by atoms with Gasteiger partial charge in [0.05, 0.1) is 9.88 Å². The normalized spacial score (nSPS) is 11.7. The van der Waals surface area contributed by atoms with Gasteiger partial charge in [-0.15, -0.1) is 11.3 Å². The molecule has 0 saturated carbocycles. The van der Waals surface area contributed by atoms with Crippen molar-refractivity contribution in [1.82, 2.24) is 5.32 Å². The van der Waals surface area contributed by atoms with E-state index in [-0.39, 0.29) is 5.91 Å². The Kier molecular flexibility index (Phi) is 6.53. The van der Waals surface area contributed by atoms with E-state index in [0.29, 0.717) is 22.1 Å². The van der Waals surface area contributed by atoms with Crippen molar-refractivity contribution >= 4 is 45.9 Å². The van der Waals surface area contributed by atoms with E-state index in [1.165, 1.54) is 18.7 Å². The Morgan fingerprint density at radius 2 is 2.10 bits per heavy atom. The van der Waals surface area contributed by atoms with E-state index < -0.39 is 17.9 Å². The van der Waals surface area contributed by atoms with Crippen LogP contribution in [0.4, 0.5) is 5.00 Å². The third kappa shape index (κ3) is 5.22. The van der Waals surface area contributed by atoms with Gasteiger partial charge < -0.3 is 15.7 Å². The molecule has 3 N–H and O–H groups in total. The smallest absolute Gasteiger partial charge is 0.326 e. The summed E-state index contributed by atoms with van der Waals surface area (Å²) in [6, 6.07) is 2.26. The summed E-state index contributed by atoms with van der Waals surface area (Å²) >= 11 is 2.63. The minimum Gasteiger partial charge on any atom is -0.480 e. The lowest BCUT2D eigenvalue weighted by atomic mass is 10.2. The minimum atomic E-state index is -1.05. The Labute approximate surface area is 124 Å². The molecule has 0 aliphatic carbocycles. The predicted molar refractivity (Wildman–Crippen MR) is 80.5 cm³/mol. The summed E-state index contributed by atoms with van der Waals surface area (Å²) in [4.78, 5) is 34.2. The number of carbonyl (C=O) groups excluding carboxylic acids is 2. The Morgan fingerprint density at radius 1 is 1.40 bits per heavy atom. The Balaban J connectivity index is 2.66. The van der Waals surface area contributed by atoms with E-state index in [1.54, 1.807) is 12.1 Å². The van der Waals surface area contributed by atoms with Crippen LogP contribution in [0.5, 0.6) is 0 Å². The lowest BCUT2D eigenvalue weighted by Gasteiger charge is -2.12. The quantitative estimate of drug-likeness (QED) is 0.711. The molecule has 110 valence electrons. The zero-order valence-electron chi connectivity index (χ0n) is 11.1. The highest BCUT2D eigenvalue weighted by molar-refractivity contribution is 7.98. The fraction of sp³-hybridized carbons (Fsp3) is 0.417. The van der Waals surface area contributed by atoms with Crippen molar-refractivity contribution < 1.29 is 19.5 Å². The molecule has 0 saturated heterocycles. The molecule has 1 atom stereocenters. The van der Waals surface area contributed by atoms with Crippen LogP contribution in [-0.4, -0.2) is 40.9 Å². The fourth-order valence-corrected chi connectivity index (χ4v) is 2.75. The lowest BCUT2D eigenvalue weighted by Crippen LogP contribution is -2.40. The van der Waals surface area contributed by atoms with E-state index >= 15 is 0 Å². The number of aliphatic carboxylic acids is 1. The van der Waals surface area contributed by atoms with Crippen LogP contribution in [0, 0.1) is 0 Å². The Hall–Kier alpha value is -1.54. The van der Waals surface area contributed by atoms with Crippen LogP contribution >= 0.6 is 23.1 Å². The molecule has 0 spiro atoms. The summed E-state index contributed by atoms with van der Waals surface area (Å²) in [6.07, 6.45) is 2.24. The number of rotatable bonds is 7. The molecule has 0 bridgehead atoms. The second kappa shape index (κ2) is 7.91. The number of carbonyl (C=O) groups is 3. The molecule has 8 heteroatoms.